The summed E-state index contributed by atoms with van der Waals surface area (Å²) in [6.45, 7) is 0. The minimum Gasteiger partial charge on any atom is -0.481 e. The van der Waals surface area contributed by atoms with Crippen LogP contribution < -0.4 is 0 Å². The third-order valence-electron chi connectivity index (χ3n) is 2.40. The van der Waals surface area contributed by atoms with Crippen LogP contribution in [0.3, 0.4) is 0 Å². The smallest absolute Gasteiger partial charge is 0.307 e. The average molecular weight is 336 g/mol. The molecule has 0 saturated heterocycles. The molecule has 0 unspecified atom stereocenters. The molecule has 0 atom stereocenters. The van der Waals surface area contributed by atoms with Crippen LogP contribution in [0.15, 0.2) is 60.7 Å². The van der Waals surface area contributed by atoms with Crippen molar-refractivity contribution in [1.82, 2.24) is 0 Å². The van der Waals surface area contributed by atoms with Crippen LogP contribution in [0.2, 0.25) is 0 Å². The van der Waals surface area contributed by atoms with E-state index in [1.807, 2.05) is 36.4 Å². The van der Waals surface area contributed by atoms with Gasteiger partial charge in [-0.1, -0.05) is 60.7 Å². The third-order valence-corrected chi connectivity index (χ3v) is 2.40. The maximum absolute atomic E-state index is 10.2. The molecule has 2 N–H and O–H groups in total. The van der Waals surface area contributed by atoms with Gasteiger partial charge in [0.2, 0.25) is 0 Å². The van der Waals surface area contributed by atoms with Crippen molar-refractivity contribution in [3.05, 3.63) is 71.8 Å². The predicted octanol–water partition coefficient (Wildman–Crippen LogP) is 2.62. The first kappa shape index (κ1) is 18.9. The van der Waals surface area contributed by atoms with E-state index in [-0.39, 0.29) is 29.9 Å². The van der Waals surface area contributed by atoms with Crippen molar-refractivity contribution in [3.63, 3.8) is 0 Å². The number of rotatable bonds is 4. The van der Waals surface area contributed by atoms with E-state index < -0.39 is 11.9 Å². The number of hydrogen-bond acceptors (Lipinski definition) is 2. The fourth-order valence-corrected chi connectivity index (χ4v) is 1.54. The molecule has 21 heavy (non-hydrogen) atoms. The van der Waals surface area contributed by atoms with E-state index in [1.165, 1.54) is 0 Å². The molecule has 0 amide bonds. The fraction of sp³-hybridized carbons (Fsp3) is 0.125. The van der Waals surface area contributed by atoms with Crippen molar-refractivity contribution in [2.45, 2.75) is 12.8 Å². The van der Waals surface area contributed by atoms with E-state index in [0.29, 0.717) is 0 Å². The summed E-state index contributed by atoms with van der Waals surface area (Å²) < 4.78 is 0. The maximum Gasteiger partial charge on any atom is 0.307 e. The molecule has 0 heterocycles. The van der Waals surface area contributed by atoms with E-state index in [9.17, 15) is 9.59 Å². The molecule has 1 radical (unpaired) electrons. The Morgan fingerprint density at radius 2 is 0.952 bits per heavy atom. The Morgan fingerprint density at radius 3 is 1.19 bits per heavy atom. The molecule has 2 aromatic carbocycles. The molecule has 0 bridgehead atoms. The summed E-state index contributed by atoms with van der Waals surface area (Å²) in [6.07, 6.45) is 0.224. The summed E-state index contributed by atoms with van der Waals surface area (Å²) in [5.74, 6) is -1.57. The number of carboxylic acids is 2. The minimum atomic E-state index is -0.786. The van der Waals surface area contributed by atoms with Gasteiger partial charge in [0.25, 0.3) is 0 Å². The third kappa shape index (κ3) is 9.43. The van der Waals surface area contributed by atoms with E-state index in [0.717, 1.165) is 11.1 Å². The van der Waals surface area contributed by atoms with Crippen LogP contribution in [0.25, 0.3) is 0 Å². The molecule has 0 aliphatic carbocycles. The Bertz CT molecular complexity index is 489. The van der Waals surface area contributed by atoms with E-state index in [4.69, 9.17) is 10.2 Å². The second-order valence-electron chi connectivity index (χ2n) is 4.11. The first-order valence-corrected chi connectivity index (χ1v) is 6.09. The summed E-state index contributed by atoms with van der Waals surface area (Å²) in [5.41, 5.74) is 1.69. The molecule has 2 aromatic rings. The van der Waals surface area contributed by atoms with E-state index in [2.05, 4.69) is 0 Å². The predicted molar refractivity (Wildman–Crippen MR) is 75.6 cm³/mol. The monoisotopic (exact) mass is 335 g/mol. The molecule has 4 nitrogen and oxygen atoms in total. The molecular weight excluding hydrogens is 320 g/mol. The van der Waals surface area contributed by atoms with Crippen molar-refractivity contribution >= 4 is 11.9 Å². The standard InChI is InChI=1S/2C8H8O2.Cu/c2*9-8(10)6-7-4-2-1-3-5-7;/h2*1-5H,6H2,(H,9,10);. The van der Waals surface area contributed by atoms with Gasteiger partial charge in [-0.25, -0.2) is 0 Å². The largest absolute Gasteiger partial charge is 0.481 e. The SMILES string of the molecule is O=C(O)Cc1ccccc1.O=C(O)Cc1ccccc1.[Cu]. The Hall–Kier alpha value is -2.10. The minimum absolute atomic E-state index is 0. The summed E-state index contributed by atoms with van der Waals surface area (Å²) in [6, 6.07) is 18.3. The topological polar surface area (TPSA) is 74.6 Å². The number of hydrogen-bond donors (Lipinski definition) is 2. The van der Waals surface area contributed by atoms with Gasteiger partial charge in [0.15, 0.2) is 0 Å². The molecule has 0 aliphatic rings. The fourth-order valence-electron chi connectivity index (χ4n) is 1.54. The van der Waals surface area contributed by atoms with E-state index >= 15 is 0 Å². The Labute approximate surface area is 133 Å². The van der Waals surface area contributed by atoms with Gasteiger partial charge in [-0.2, -0.15) is 0 Å². The van der Waals surface area contributed by atoms with Gasteiger partial charge in [0.05, 0.1) is 12.8 Å². The molecule has 0 fully saturated rings. The second-order valence-corrected chi connectivity index (χ2v) is 4.11. The van der Waals surface area contributed by atoms with Gasteiger partial charge in [0.1, 0.15) is 0 Å². The second kappa shape index (κ2) is 10.7. The summed E-state index contributed by atoms with van der Waals surface area (Å²) >= 11 is 0. The van der Waals surface area contributed by atoms with Crippen molar-refractivity contribution in [2.24, 2.45) is 0 Å². The summed E-state index contributed by atoms with van der Waals surface area (Å²) in [4.78, 5) is 20.3. The van der Waals surface area contributed by atoms with Crippen LogP contribution >= 0.6 is 0 Å². The molecule has 0 saturated carbocycles. The zero-order valence-electron chi connectivity index (χ0n) is 11.2. The molecule has 0 aliphatic heterocycles. The molecule has 2 rings (SSSR count). The Balaban J connectivity index is 0.000000364. The molecule has 0 spiro atoms. The first-order chi connectivity index (χ1) is 9.58. The zero-order valence-corrected chi connectivity index (χ0v) is 12.1. The van der Waals surface area contributed by atoms with Gasteiger partial charge in [-0.05, 0) is 11.1 Å². The Kier molecular flexibility index (Phi) is 9.59. The summed E-state index contributed by atoms with van der Waals surface area (Å²) in [7, 11) is 0. The Morgan fingerprint density at radius 1 is 0.667 bits per heavy atom. The van der Waals surface area contributed by atoms with Crippen LogP contribution in [0.1, 0.15) is 11.1 Å². The molecular formula is C16H16CuO4. The van der Waals surface area contributed by atoms with Gasteiger partial charge >= 0.3 is 11.9 Å². The van der Waals surface area contributed by atoms with Gasteiger partial charge < -0.3 is 10.2 Å². The number of carboxylic acid groups (broad SMARTS) is 2. The van der Waals surface area contributed by atoms with Crippen molar-refractivity contribution < 1.29 is 36.9 Å². The molecule has 5 heteroatoms. The van der Waals surface area contributed by atoms with Crippen molar-refractivity contribution in [2.75, 3.05) is 0 Å². The number of carbonyl (C=O) groups is 2. The first-order valence-electron chi connectivity index (χ1n) is 6.09. The van der Waals surface area contributed by atoms with Crippen LogP contribution in [0.5, 0.6) is 0 Å². The van der Waals surface area contributed by atoms with Crippen LogP contribution in [0, 0.1) is 0 Å². The molecule has 115 valence electrons. The van der Waals surface area contributed by atoms with Gasteiger partial charge in [0, 0.05) is 17.1 Å². The molecule has 0 aromatic heterocycles. The van der Waals surface area contributed by atoms with Crippen LogP contribution in [-0.4, -0.2) is 22.2 Å². The normalized spacial score (nSPS) is 8.76. The number of aliphatic carboxylic acids is 2. The maximum atomic E-state index is 10.2. The van der Waals surface area contributed by atoms with Crippen LogP contribution in [0.4, 0.5) is 0 Å². The zero-order chi connectivity index (χ0) is 14.8. The van der Waals surface area contributed by atoms with Crippen molar-refractivity contribution in [3.8, 4) is 0 Å². The van der Waals surface area contributed by atoms with Gasteiger partial charge in [-0.3, -0.25) is 9.59 Å². The van der Waals surface area contributed by atoms with E-state index in [1.54, 1.807) is 24.3 Å². The average Bonchev–Trinajstić information content (AvgIpc) is 2.40. The number of benzene rings is 2. The van der Waals surface area contributed by atoms with Crippen LogP contribution in [-0.2, 0) is 39.5 Å². The van der Waals surface area contributed by atoms with Crippen molar-refractivity contribution in [1.29, 1.82) is 0 Å². The summed E-state index contributed by atoms with van der Waals surface area (Å²) in [5, 5.41) is 16.7. The van der Waals surface area contributed by atoms with Gasteiger partial charge in [-0.15, -0.1) is 0 Å². The quantitative estimate of drug-likeness (QED) is 0.842.